The van der Waals surface area contributed by atoms with Crippen LogP contribution in [-0.2, 0) is 20.9 Å². The third-order valence-electron chi connectivity index (χ3n) is 3.36. The van der Waals surface area contributed by atoms with Gasteiger partial charge in [0.05, 0.1) is 30.9 Å². The van der Waals surface area contributed by atoms with Gasteiger partial charge in [0.2, 0.25) is 0 Å². The third kappa shape index (κ3) is 3.98. The number of methoxy groups -OCH3 is 2. The molecular weight excluding hydrogens is 316 g/mol. The maximum Gasteiger partial charge on any atom is 0.307 e. The molecule has 0 aliphatic rings. The van der Waals surface area contributed by atoms with E-state index in [0.29, 0.717) is 11.3 Å². The summed E-state index contributed by atoms with van der Waals surface area (Å²) in [5, 5.41) is 0. The van der Waals surface area contributed by atoms with Crippen LogP contribution < -0.4 is 9.54 Å². The Hall–Kier alpha value is -2.15. The van der Waals surface area contributed by atoms with Crippen LogP contribution in [0.15, 0.2) is 23.2 Å². The Morgan fingerprint density at radius 1 is 1.30 bits per heavy atom. The number of rotatable bonds is 5. The van der Waals surface area contributed by atoms with E-state index >= 15 is 0 Å². The maximum absolute atomic E-state index is 12.0. The lowest BCUT2D eigenvalue weighted by atomic mass is 10.2. The van der Waals surface area contributed by atoms with Gasteiger partial charge in [0.25, 0.3) is 5.91 Å². The number of hydrogen-bond donors (Lipinski definition) is 0. The Balaban J connectivity index is 2.54. The molecule has 2 rings (SSSR count). The fourth-order valence-corrected chi connectivity index (χ4v) is 3.10. The molecule has 1 aromatic carbocycles. The van der Waals surface area contributed by atoms with Crippen molar-refractivity contribution >= 4 is 33.4 Å². The van der Waals surface area contributed by atoms with Crippen LogP contribution in [0, 0.1) is 5.92 Å². The van der Waals surface area contributed by atoms with Gasteiger partial charge in [-0.2, -0.15) is 4.99 Å². The summed E-state index contributed by atoms with van der Waals surface area (Å²) >= 11 is 1.40. The maximum atomic E-state index is 12.0. The zero-order valence-electron chi connectivity index (χ0n) is 13.7. The summed E-state index contributed by atoms with van der Waals surface area (Å²) < 4.78 is 12.7. The highest BCUT2D eigenvalue weighted by molar-refractivity contribution is 7.16. The number of aromatic nitrogens is 1. The van der Waals surface area contributed by atoms with Gasteiger partial charge in [-0.15, -0.1) is 0 Å². The Labute approximate surface area is 138 Å². The van der Waals surface area contributed by atoms with E-state index in [4.69, 9.17) is 4.74 Å². The van der Waals surface area contributed by atoms with Crippen LogP contribution >= 0.6 is 11.3 Å². The van der Waals surface area contributed by atoms with Crippen molar-refractivity contribution in [2.24, 2.45) is 10.9 Å². The topological polar surface area (TPSA) is 69.9 Å². The van der Waals surface area contributed by atoms with Gasteiger partial charge in [-0.3, -0.25) is 9.59 Å². The highest BCUT2D eigenvalue weighted by atomic mass is 32.1. The number of aryl methyl sites for hydroxylation is 1. The lowest BCUT2D eigenvalue weighted by Gasteiger charge is -2.05. The molecule has 0 bridgehead atoms. The van der Waals surface area contributed by atoms with Gasteiger partial charge in [0, 0.05) is 12.5 Å². The number of nitrogens with zero attached hydrogens (tertiary/aromatic N) is 2. The quantitative estimate of drug-likeness (QED) is 0.786. The van der Waals surface area contributed by atoms with Gasteiger partial charge < -0.3 is 14.0 Å². The molecule has 1 heterocycles. The summed E-state index contributed by atoms with van der Waals surface area (Å²) in [6.45, 7) is 4.02. The Morgan fingerprint density at radius 2 is 2.04 bits per heavy atom. The average molecular weight is 336 g/mol. The predicted molar refractivity (Wildman–Crippen MR) is 88.4 cm³/mol. The molecule has 0 radical (unpaired) electrons. The lowest BCUT2D eigenvalue weighted by Crippen LogP contribution is -2.20. The smallest absolute Gasteiger partial charge is 0.307 e. The first-order chi connectivity index (χ1) is 11.0. The van der Waals surface area contributed by atoms with Crippen molar-refractivity contribution in [3.8, 4) is 5.75 Å². The van der Waals surface area contributed by atoms with E-state index < -0.39 is 0 Å². The number of carbonyl (C=O) groups is 2. The van der Waals surface area contributed by atoms with E-state index in [1.54, 1.807) is 21.0 Å². The van der Waals surface area contributed by atoms with E-state index in [2.05, 4.69) is 9.73 Å². The monoisotopic (exact) mass is 336 g/mol. The first kappa shape index (κ1) is 17.2. The summed E-state index contributed by atoms with van der Waals surface area (Å²) in [7, 11) is 2.96. The molecule has 0 N–H and O–H groups in total. The number of carbonyl (C=O) groups excluding carboxylic acids is 2. The van der Waals surface area contributed by atoms with Gasteiger partial charge in [-0.25, -0.2) is 0 Å². The summed E-state index contributed by atoms with van der Waals surface area (Å²) in [6, 6.07) is 5.64. The van der Waals surface area contributed by atoms with Crippen molar-refractivity contribution < 1.29 is 19.1 Å². The minimum atomic E-state index is -0.300. The SMILES string of the molecule is COC(=O)CCn1c(=NC(=O)C(C)C)sc2cc(OC)ccc21. The van der Waals surface area contributed by atoms with E-state index in [0.717, 1.165) is 16.0 Å². The summed E-state index contributed by atoms with van der Waals surface area (Å²) in [6.07, 6.45) is 0.220. The second-order valence-corrected chi connectivity index (χ2v) is 6.31. The van der Waals surface area contributed by atoms with Gasteiger partial charge in [0.15, 0.2) is 4.80 Å². The molecule has 0 unspecified atom stereocenters. The van der Waals surface area contributed by atoms with Crippen LogP contribution in [0.3, 0.4) is 0 Å². The largest absolute Gasteiger partial charge is 0.497 e. The van der Waals surface area contributed by atoms with E-state index in [1.165, 1.54) is 18.4 Å². The van der Waals surface area contributed by atoms with Crippen molar-refractivity contribution in [3.63, 3.8) is 0 Å². The van der Waals surface area contributed by atoms with E-state index in [-0.39, 0.29) is 24.2 Å². The fraction of sp³-hybridized carbons (Fsp3) is 0.438. The van der Waals surface area contributed by atoms with Gasteiger partial charge in [-0.05, 0) is 18.2 Å². The van der Waals surface area contributed by atoms with Crippen LogP contribution in [0.25, 0.3) is 10.2 Å². The van der Waals surface area contributed by atoms with Crippen molar-refractivity contribution in [2.45, 2.75) is 26.8 Å². The molecule has 6 nitrogen and oxygen atoms in total. The molecule has 1 aromatic heterocycles. The molecule has 2 aromatic rings. The first-order valence-electron chi connectivity index (χ1n) is 7.29. The molecule has 0 spiro atoms. The predicted octanol–water partition coefficient (Wildman–Crippen LogP) is 2.36. The Bertz CT molecular complexity index is 789. The molecule has 7 heteroatoms. The fourth-order valence-electron chi connectivity index (χ4n) is 2.01. The van der Waals surface area contributed by atoms with Gasteiger partial charge in [-0.1, -0.05) is 25.2 Å². The minimum absolute atomic E-state index is 0.177. The van der Waals surface area contributed by atoms with Crippen LogP contribution in [0.2, 0.25) is 0 Å². The highest BCUT2D eigenvalue weighted by Crippen LogP contribution is 2.23. The van der Waals surface area contributed by atoms with Crippen molar-refractivity contribution in [1.29, 1.82) is 0 Å². The zero-order chi connectivity index (χ0) is 17.0. The normalized spacial score (nSPS) is 12.0. The lowest BCUT2D eigenvalue weighted by molar-refractivity contribution is -0.140. The number of ether oxygens (including phenoxy) is 2. The van der Waals surface area contributed by atoms with Crippen LogP contribution in [0.1, 0.15) is 20.3 Å². The molecule has 1 amide bonds. The highest BCUT2D eigenvalue weighted by Gasteiger charge is 2.12. The van der Waals surface area contributed by atoms with Crippen LogP contribution in [-0.4, -0.2) is 30.7 Å². The average Bonchev–Trinajstić information content (AvgIpc) is 2.88. The summed E-state index contributed by atoms with van der Waals surface area (Å²) in [5.41, 5.74) is 0.912. The van der Waals surface area contributed by atoms with Crippen LogP contribution in [0.5, 0.6) is 5.75 Å². The number of hydrogen-bond acceptors (Lipinski definition) is 5. The molecule has 0 atom stereocenters. The Morgan fingerprint density at radius 3 is 2.65 bits per heavy atom. The molecule has 0 saturated heterocycles. The number of fused-ring (bicyclic) bond motifs is 1. The Kier molecular flexibility index (Phi) is 5.54. The number of thiazole rings is 1. The minimum Gasteiger partial charge on any atom is -0.497 e. The molecule has 0 saturated carbocycles. The molecule has 124 valence electrons. The second-order valence-electron chi connectivity index (χ2n) is 5.30. The second kappa shape index (κ2) is 7.41. The molecule has 0 fully saturated rings. The molecule has 23 heavy (non-hydrogen) atoms. The molecular formula is C16H20N2O4S. The van der Waals surface area contributed by atoms with Crippen molar-refractivity contribution in [1.82, 2.24) is 4.57 Å². The summed E-state index contributed by atoms with van der Waals surface area (Å²) in [4.78, 5) is 28.2. The first-order valence-corrected chi connectivity index (χ1v) is 8.10. The van der Waals surface area contributed by atoms with E-state index in [1.807, 2.05) is 22.8 Å². The summed E-state index contributed by atoms with van der Waals surface area (Å²) in [5.74, 6) is 0.0752. The van der Waals surface area contributed by atoms with E-state index in [9.17, 15) is 9.59 Å². The number of benzene rings is 1. The molecule has 0 aliphatic heterocycles. The third-order valence-corrected chi connectivity index (χ3v) is 4.40. The van der Waals surface area contributed by atoms with Crippen LogP contribution in [0.4, 0.5) is 0 Å². The van der Waals surface area contributed by atoms with Gasteiger partial charge in [0.1, 0.15) is 5.75 Å². The van der Waals surface area contributed by atoms with Crippen molar-refractivity contribution in [3.05, 3.63) is 23.0 Å². The van der Waals surface area contributed by atoms with Crippen molar-refractivity contribution in [2.75, 3.05) is 14.2 Å². The van der Waals surface area contributed by atoms with Gasteiger partial charge >= 0.3 is 5.97 Å². The molecule has 0 aliphatic carbocycles. The number of amides is 1. The zero-order valence-corrected chi connectivity index (χ0v) is 14.5. The number of esters is 1. The standard InChI is InChI=1S/C16H20N2O4S/c1-10(2)15(20)17-16-18(8-7-14(19)22-4)12-6-5-11(21-3)9-13(12)23-16/h5-6,9-10H,7-8H2,1-4H3.